The molecule has 0 bridgehead atoms. The molecule has 0 aromatic heterocycles. The standard InChI is InChI=1S/C8H11ClOS/c1-2-3-4-8-7(9)5-6-11(8)10/h5-6H,2-4H2,1H3. The first-order valence-corrected chi connectivity index (χ1v) is 5.32. The Morgan fingerprint density at radius 3 is 2.82 bits per heavy atom. The second-order valence-electron chi connectivity index (χ2n) is 2.47. The number of hydrogen-bond acceptors (Lipinski definition) is 1. The minimum Gasteiger partial charge on any atom is -0.250 e. The molecule has 0 saturated carbocycles. The molecule has 1 atom stereocenters. The first-order chi connectivity index (χ1) is 5.25. The molecule has 1 nitrogen and oxygen atoms in total. The Morgan fingerprint density at radius 2 is 2.36 bits per heavy atom. The normalized spacial score (nSPS) is 23.3. The highest BCUT2D eigenvalue weighted by Crippen LogP contribution is 2.26. The molecule has 0 aromatic rings. The van der Waals surface area contributed by atoms with Gasteiger partial charge in [0.25, 0.3) is 0 Å². The monoisotopic (exact) mass is 190 g/mol. The molecular weight excluding hydrogens is 180 g/mol. The van der Waals surface area contributed by atoms with E-state index in [1.165, 1.54) is 0 Å². The molecule has 0 spiro atoms. The largest absolute Gasteiger partial charge is 0.250 e. The lowest BCUT2D eigenvalue weighted by molar-refractivity contribution is 0.689. The Kier molecular flexibility index (Phi) is 3.34. The summed E-state index contributed by atoms with van der Waals surface area (Å²) in [5.74, 6) is 0. The maximum atomic E-state index is 11.2. The highest BCUT2D eigenvalue weighted by Gasteiger charge is 2.13. The van der Waals surface area contributed by atoms with Crippen molar-refractivity contribution in [2.24, 2.45) is 0 Å². The van der Waals surface area contributed by atoms with Gasteiger partial charge in [0.1, 0.15) is 0 Å². The van der Waals surface area contributed by atoms with Gasteiger partial charge in [0.15, 0.2) is 0 Å². The fourth-order valence-corrected chi connectivity index (χ4v) is 2.44. The van der Waals surface area contributed by atoms with Gasteiger partial charge in [0, 0.05) is 10.3 Å². The maximum absolute atomic E-state index is 11.2. The van der Waals surface area contributed by atoms with Crippen LogP contribution in [0, 0.1) is 0 Å². The van der Waals surface area contributed by atoms with E-state index in [2.05, 4.69) is 6.92 Å². The molecule has 0 N–H and O–H groups in total. The van der Waals surface area contributed by atoms with Gasteiger partial charge in [-0.05, 0) is 18.9 Å². The molecule has 1 heterocycles. The molecule has 11 heavy (non-hydrogen) atoms. The van der Waals surface area contributed by atoms with E-state index in [0.29, 0.717) is 5.03 Å². The van der Waals surface area contributed by atoms with Gasteiger partial charge in [-0.15, -0.1) is 0 Å². The number of unbranched alkanes of at least 4 members (excludes halogenated alkanes) is 1. The van der Waals surface area contributed by atoms with E-state index in [1.807, 2.05) is 0 Å². The highest BCUT2D eigenvalue weighted by molar-refractivity contribution is 7.92. The van der Waals surface area contributed by atoms with Crippen LogP contribution in [-0.4, -0.2) is 4.21 Å². The molecule has 0 saturated heterocycles. The smallest absolute Gasteiger partial charge is 0.0750 e. The van der Waals surface area contributed by atoms with E-state index in [-0.39, 0.29) is 0 Å². The molecule has 0 aromatic carbocycles. The van der Waals surface area contributed by atoms with Crippen molar-refractivity contribution in [1.29, 1.82) is 0 Å². The van der Waals surface area contributed by atoms with Gasteiger partial charge in [0.05, 0.1) is 15.8 Å². The second-order valence-corrected chi connectivity index (χ2v) is 4.24. The topological polar surface area (TPSA) is 17.1 Å². The fraction of sp³-hybridized carbons (Fsp3) is 0.500. The van der Waals surface area contributed by atoms with E-state index in [1.54, 1.807) is 11.5 Å². The number of rotatable bonds is 3. The quantitative estimate of drug-likeness (QED) is 0.669. The Hall–Kier alpha value is -0.0800. The number of allylic oxidation sites excluding steroid dienone is 3. The summed E-state index contributed by atoms with van der Waals surface area (Å²) in [4.78, 5) is 0.897. The van der Waals surface area contributed by atoms with Gasteiger partial charge in [-0.2, -0.15) is 0 Å². The minimum atomic E-state index is -0.925. The van der Waals surface area contributed by atoms with E-state index in [4.69, 9.17) is 11.6 Å². The summed E-state index contributed by atoms with van der Waals surface area (Å²) in [6.07, 6.45) is 4.78. The molecule has 1 aliphatic rings. The van der Waals surface area contributed by atoms with Gasteiger partial charge in [-0.25, -0.2) is 4.21 Å². The lowest BCUT2D eigenvalue weighted by atomic mass is 10.2. The van der Waals surface area contributed by atoms with Crippen molar-refractivity contribution in [1.82, 2.24) is 0 Å². The third kappa shape index (κ3) is 2.17. The molecule has 0 fully saturated rings. The first-order valence-electron chi connectivity index (χ1n) is 3.73. The Bertz CT molecular complexity index is 230. The van der Waals surface area contributed by atoms with E-state index < -0.39 is 10.8 Å². The van der Waals surface area contributed by atoms with Crippen LogP contribution in [-0.2, 0) is 10.8 Å². The molecular formula is C8H11ClOS. The fourth-order valence-electron chi connectivity index (χ4n) is 0.950. The average Bonchev–Trinajstić information content (AvgIpc) is 2.29. The third-order valence-corrected chi connectivity index (χ3v) is 3.36. The molecule has 0 amide bonds. The molecule has 1 rings (SSSR count). The number of halogens is 1. The molecule has 0 aliphatic carbocycles. The van der Waals surface area contributed by atoms with Crippen molar-refractivity contribution in [2.75, 3.05) is 0 Å². The van der Waals surface area contributed by atoms with Crippen molar-refractivity contribution < 1.29 is 4.21 Å². The van der Waals surface area contributed by atoms with Gasteiger partial charge in [-0.1, -0.05) is 24.9 Å². The van der Waals surface area contributed by atoms with Gasteiger partial charge >= 0.3 is 0 Å². The first kappa shape index (κ1) is 9.01. The zero-order valence-electron chi connectivity index (χ0n) is 6.47. The molecule has 1 aliphatic heterocycles. The lowest BCUT2D eigenvalue weighted by Gasteiger charge is -1.98. The van der Waals surface area contributed by atoms with E-state index >= 15 is 0 Å². The summed E-state index contributed by atoms with van der Waals surface area (Å²) in [5, 5.41) is 2.32. The summed E-state index contributed by atoms with van der Waals surface area (Å²) in [5.41, 5.74) is 0. The van der Waals surface area contributed by atoms with Crippen molar-refractivity contribution in [2.45, 2.75) is 26.2 Å². The third-order valence-electron chi connectivity index (χ3n) is 1.60. The molecule has 0 radical (unpaired) electrons. The van der Waals surface area contributed by atoms with Crippen LogP contribution in [0.5, 0.6) is 0 Å². The van der Waals surface area contributed by atoms with Crippen LogP contribution in [0.25, 0.3) is 0 Å². The Labute approximate surface area is 74.6 Å². The van der Waals surface area contributed by atoms with Crippen molar-refractivity contribution >= 4 is 22.4 Å². The summed E-state index contributed by atoms with van der Waals surface area (Å²) in [6, 6.07) is 0. The van der Waals surface area contributed by atoms with Crippen molar-refractivity contribution in [3.63, 3.8) is 0 Å². The molecule has 3 heteroatoms. The second kappa shape index (κ2) is 4.07. The van der Waals surface area contributed by atoms with Crippen LogP contribution in [0.3, 0.4) is 0 Å². The Morgan fingerprint density at radius 1 is 1.64 bits per heavy atom. The molecule has 62 valence electrons. The van der Waals surface area contributed by atoms with E-state index in [0.717, 1.165) is 24.2 Å². The summed E-state index contributed by atoms with van der Waals surface area (Å²) in [7, 11) is -0.925. The summed E-state index contributed by atoms with van der Waals surface area (Å²) < 4.78 is 11.2. The van der Waals surface area contributed by atoms with Crippen LogP contribution in [0.4, 0.5) is 0 Å². The zero-order chi connectivity index (χ0) is 8.27. The van der Waals surface area contributed by atoms with Gasteiger partial charge in [-0.3, -0.25) is 0 Å². The average molecular weight is 191 g/mol. The van der Waals surface area contributed by atoms with Gasteiger partial charge in [0.2, 0.25) is 0 Å². The summed E-state index contributed by atoms with van der Waals surface area (Å²) >= 11 is 5.81. The predicted octanol–water partition coefficient (Wildman–Crippen LogP) is 2.90. The lowest BCUT2D eigenvalue weighted by Crippen LogP contribution is -1.88. The molecule has 1 unspecified atom stereocenters. The zero-order valence-corrected chi connectivity index (χ0v) is 8.04. The van der Waals surface area contributed by atoms with Crippen LogP contribution in [0.1, 0.15) is 26.2 Å². The highest BCUT2D eigenvalue weighted by atomic mass is 35.5. The predicted molar refractivity (Wildman–Crippen MR) is 49.7 cm³/mol. The SMILES string of the molecule is CCCCC1=C(Cl)C=CS1=O. The van der Waals surface area contributed by atoms with Crippen LogP contribution >= 0.6 is 11.6 Å². The van der Waals surface area contributed by atoms with Crippen LogP contribution in [0.15, 0.2) is 21.4 Å². The van der Waals surface area contributed by atoms with Crippen molar-refractivity contribution in [3.8, 4) is 0 Å². The number of hydrogen-bond donors (Lipinski definition) is 0. The van der Waals surface area contributed by atoms with E-state index in [9.17, 15) is 4.21 Å². The van der Waals surface area contributed by atoms with Crippen LogP contribution < -0.4 is 0 Å². The Balaban J connectivity index is 2.58. The minimum absolute atomic E-state index is 0.678. The maximum Gasteiger partial charge on any atom is 0.0750 e. The van der Waals surface area contributed by atoms with Gasteiger partial charge < -0.3 is 0 Å². The van der Waals surface area contributed by atoms with Crippen molar-refractivity contribution in [3.05, 3.63) is 21.4 Å². The summed E-state index contributed by atoms with van der Waals surface area (Å²) in [6.45, 7) is 2.11. The van der Waals surface area contributed by atoms with Crippen LogP contribution in [0.2, 0.25) is 0 Å².